The summed E-state index contributed by atoms with van der Waals surface area (Å²) in [6, 6.07) is 29.7. The quantitative estimate of drug-likeness (QED) is 0.0773. The number of rotatable bonds is 15. The molecule has 0 bridgehead atoms. The standard InChI is InChI=1S/C27H32N2O3.C15H14N2O.C15H26O4/c1-6-11-19(18(4)30)23(16-17(2)3)26(31)28-25-22-14-8-7-12-20(22)21-13-9-10-15-24(21)29(5)27(25)32;1-17-13-9-5-4-7-11(13)10-6-2-3-8-12(10)14(16)15(17)18;1-7-8-11(14(18)19-15(4,5)6)12(13(16)17)9-10(2)3/h6-10,12-15,17,19,23,25H,1,11,16H2,2-5H3,(H,28,31);2-9,14H,16H2,1H3;7,10-12H,1,8-9H2,2-6H3,(H,16,17)/t19-,23-,25?;;11-,12+/m1.0/s1. The molecule has 4 aromatic rings. The van der Waals surface area contributed by atoms with Gasteiger partial charge in [-0.25, -0.2) is 0 Å². The summed E-state index contributed by atoms with van der Waals surface area (Å²) >= 11 is 0. The molecule has 0 fully saturated rings. The van der Waals surface area contributed by atoms with E-state index < -0.39 is 53.3 Å². The highest BCUT2D eigenvalue weighted by atomic mass is 16.6. The van der Waals surface area contributed by atoms with Crippen molar-refractivity contribution in [1.82, 2.24) is 5.32 Å². The molecule has 368 valence electrons. The molecular weight excluding hydrogens is 869 g/mol. The lowest BCUT2D eigenvalue weighted by Crippen LogP contribution is -2.45. The number of fused-ring (bicyclic) bond motifs is 6. The average Bonchev–Trinajstić information content (AvgIpc) is 3.44. The van der Waals surface area contributed by atoms with Crippen LogP contribution in [0.4, 0.5) is 11.4 Å². The third kappa shape index (κ3) is 14.0. The molecule has 0 spiro atoms. The van der Waals surface area contributed by atoms with Crippen molar-refractivity contribution < 1.29 is 38.6 Å². The van der Waals surface area contributed by atoms with Crippen molar-refractivity contribution in [3.05, 3.63) is 133 Å². The number of nitrogens with one attached hydrogen (secondary N) is 1. The van der Waals surface area contributed by atoms with Gasteiger partial charge in [0.2, 0.25) is 11.8 Å². The SMILES string of the molecule is C=CC[C@H](C(=O)OC(C)(C)C)[C@@H](CC(C)C)C(=O)O.C=CC[C@H](C(C)=O)[C@@H](CC(C)C)C(=O)NC1C(=O)N(C)c2ccccc2-c2ccccc21.CN1C(=O)C(N)c2ccccc2-c2ccccc21. The third-order valence-electron chi connectivity index (χ3n) is 12.3. The van der Waals surface area contributed by atoms with Crippen LogP contribution in [0.1, 0.15) is 104 Å². The molecule has 2 aliphatic heterocycles. The first-order valence-electron chi connectivity index (χ1n) is 23.7. The maximum atomic E-state index is 13.5. The fourth-order valence-electron chi connectivity index (χ4n) is 8.97. The van der Waals surface area contributed by atoms with Crippen LogP contribution in [-0.2, 0) is 33.5 Å². The summed E-state index contributed by atoms with van der Waals surface area (Å²) in [6.45, 7) is 22.1. The summed E-state index contributed by atoms with van der Waals surface area (Å²) in [5.41, 5.74) is 12.8. The molecule has 69 heavy (non-hydrogen) atoms. The van der Waals surface area contributed by atoms with Crippen LogP contribution in [0.25, 0.3) is 22.3 Å². The first-order chi connectivity index (χ1) is 32.5. The number of Topliss-reactive ketones (excluding diaryl/α,β-unsaturated/α-hetero) is 1. The number of aliphatic carboxylic acids is 1. The number of likely N-dealkylation sites (N-methyl/N-ethyl adjacent to an activating group) is 2. The van der Waals surface area contributed by atoms with Gasteiger partial charge in [-0.1, -0.05) is 125 Å². The lowest BCUT2D eigenvalue weighted by atomic mass is 9.80. The van der Waals surface area contributed by atoms with Gasteiger partial charge in [0, 0.05) is 37.1 Å². The number of carbonyl (C=O) groups excluding carboxylic acids is 5. The van der Waals surface area contributed by atoms with E-state index >= 15 is 0 Å². The topological polar surface area (TPSA) is 176 Å². The zero-order chi connectivity index (χ0) is 51.3. The van der Waals surface area contributed by atoms with Crippen molar-refractivity contribution in [3.8, 4) is 22.3 Å². The maximum Gasteiger partial charge on any atom is 0.310 e. The van der Waals surface area contributed by atoms with E-state index in [2.05, 4.69) is 18.5 Å². The van der Waals surface area contributed by atoms with Gasteiger partial charge in [0.05, 0.1) is 23.2 Å². The monoisotopic (exact) mass is 941 g/mol. The summed E-state index contributed by atoms with van der Waals surface area (Å²) in [5.74, 6) is -3.96. The summed E-state index contributed by atoms with van der Waals surface area (Å²) in [4.78, 5) is 78.5. The van der Waals surface area contributed by atoms with Gasteiger partial charge in [0.15, 0.2) is 0 Å². The number of hydrogen-bond acceptors (Lipinski definition) is 8. The number of benzene rings is 4. The highest BCUT2D eigenvalue weighted by molar-refractivity contribution is 6.06. The Balaban J connectivity index is 0.000000241. The molecule has 12 heteroatoms. The Hall–Kier alpha value is -6.66. The van der Waals surface area contributed by atoms with Crippen LogP contribution in [0.3, 0.4) is 0 Å². The van der Waals surface area contributed by atoms with Crippen LogP contribution in [0, 0.1) is 35.5 Å². The number of carboxylic acid groups (broad SMARTS) is 1. The van der Waals surface area contributed by atoms with Crippen molar-refractivity contribution >= 4 is 46.8 Å². The molecule has 12 nitrogen and oxygen atoms in total. The largest absolute Gasteiger partial charge is 0.481 e. The van der Waals surface area contributed by atoms with E-state index in [4.69, 9.17) is 10.5 Å². The molecule has 0 aromatic heterocycles. The number of carboxylic acids is 1. The smallest absolute Gasteiger partial charge is 0.310 e. The van der Waals surface area contributed by atoms with Crippen molar-refractivity contribution in [2.45, 2.75) is 98.8 Å². The zero-order valence-electron chi connectivity index (χ0n) is 42.0. The molecule has 0 saturated carbocycles. The number of amides is 3. The van der Waals surface area contributed by atoms with E-state index in [9.17, 15) is 33.9 Å². The second-order valence-corrected chi connectivity index (χ2v) is 19.6. The molecule has 6 rings (SSSR count). The van der Waals surface area contributed by atoms with Gasteiger partial charge in [0.1, 0.15) is 23.5 Å². The molecule has 4 N–H and O–H groups in total. The van der Waals surface area contributed by atoms with Crippen LogP contribution in [0.15, 0.2) is 122 Å². The van der Waals surface area contributed by atoms with Crippen LogP contribution in [-0.4, -0.2) is 60.2 Å². The highest BCUT2D eigenvalue weighted by Gasteiger charge is 2.39. The third-order valence-corrected chi connectivity index (χ3v) is 12.3. The molecule has 2 heterocycles. The normalized spacial score (nSPS) is 16.7. The minimum absolute atomic E-state index is 0.0391. The van der Waals surface area contributed by atoms with Crippen molar-refractivity contribution in [2.24, 2.45) is 41.2 Å². The first-order valence-corrected chi connectivity index (χ1v) is 23.7. The minimum atomic E-state index is -0.952. The van der Waals surface area contributed by atoms with Crippen LogP contribution < -0.4 is 20.9 Å². The predicted octanol–water partition coefficient (Wildman–Crippen LogP) is 10.5. The van der Waals surface area contributed by atoms with E-state index in [0.29, 0.717) is 25.7 Å². The van der Waals surface area contributed by atoms with E-state index in [0.717, 1.165) is 44.8 Å². The number of anilines is 2. The van der Waals surface area contributed by atoms with Crippen LogP contribution in [0.2, 0.25) is 0 Å². The Morgan fingerprint density at radius 3 is 1.55 bits per heavy atom. The van der Waals surface area contributed by atoms with E-state index in [1.54, 1.807) is 56.8 Å². The number of hydrogen-bond donors (Lipinski definition) is 3. The number of para-hydroxylation sites is 2. The molecule has 0 aliphatic carbocycles. The molecule has 2 unspecified atom stereocenters. The summed E-state index contributed by atoms with van der Waals surface area (Å²) in [7, 11) is 3.50. The highest BCUT2D eigenvalue weighted by Crippen LogP contribution is 2.41. The number of carbonyl (C=O) groups is 6. The van der Waals surface area contributed by atoms with Crippen molar-refractivity contribution in [1.29, 1.82) is 0 Å². The van der Waals surface area contributed by atoms with Gasteiger partial charge < -0.3 is 30.7 Å². The van der Waals surface area contributed by atoms with Crippen molar-refractivity contribution in [2.75, 3.05) is 23.9 Å². The second-order valence-electron chi connectivity index (χ2n) is 19.6. The molecular formula is C57H72N4O8. The minimum Gasteiger partial charge on any atom is -0.481 e. The van der Waals surface area contributed by atoms with Gasteiger partial charge >= 0.3 is 11.9 Å². The molecule has 2 aliphatic rings. The summed E-state index contributed by atoms with van der Waals surface area (Å²) < 4.78 is 5.32. The molecule has 6 atom stereocenters. The molecule has 0 saturated heterocycles. The summed E-state index contributed by atoms with van der Waals surface area (Å²) in [6.07, 6.45) is 5.02. The van der Waals surface area contributed by atoms with E-state index in [1.807, 2.05) is 125 Å². The number of nitrogens with two attached hydrogens (primary N) is 1. The lowest BCUT2D eigenvalue weighted by molar-refractivity contribution is -0.167. The van der Waals surface area contributed by atoms with Gasteiger partial charge in [-0.3, -0.25) is 28.8 Å². The molecule has 3 amide bonds. The second kappa shape index (κ2) is 24.6. The Morgan fingerprint density at radius 1 is 0.667 bits per heavy atom. The zero-order valence-corrected chi connectivity index (χ0v) is 42.0. The summed E-state index contributed by atoms with van der Waals surface area (Å²) in [5, 5.41) is 12.3. The number of esters is 1. The average molecular weight is 941 g/mol. The van der Waals surface area contributed by atoms with Gasteiger partial charge in [-0.2, -0.15) is 0 Å². The number of allylic oxidation sites excluding steroid dienone is 2. The van der Waals surface area contributed by atoms with E-state index in [1.165, 1.54) is 6.92 Å². The van der Waals surface area contributed by atoms with E-state index in [-0.39, 0.29) is 35.3 Å². The lowest BCUT2D eigenvalue weighted by Gasteiger charge is -2.28. The van der Waals surface area contributed by atoms with Crippen molar-refractivity contribution in [3.63, 3.8) is 0 Å². The Kier molecular flexibility index (Phi) is 19.6. The fraction of sp³-hybridized carbons (Fsp3) is 0.404. The number of ether oxygens (including phenoxy) is 1. The van der Waals surface area contributed by atoms with Gasteiger partial charge in [-0.15, -0.1) is 13.2 Å². The predicted molar refractivity (Wildman–Crippen MR) is 275 cm³/mol. The Bertz CT molecular complexity index is 2430. The Morgan fingerprint density at radius 2 is 1.09 bits per heavy atom. The van der Waals surface area contributed by atoms with Crippen LogP contribution >= 0.6 is 0 Å². The number of nitrogens with zero attached hydrogens (tertiary/aromatic N) is 2. The van der Waals surface area contributed by atoms with Gasteiger partial charge in [-0.05, 0) is 99.6 Å². The molecule has 4 aromatic carbocycles. The maximum absolute atomic E-state index is 13.5. The van der Waals surface area contributed by atoms with Crippen LogP contribution in [0.5, 0.6) is 0 Å². The number of ketones is 1. The molecule has 0 radical (unpaired) electrons. The van der Waals surface area contributed by atoms with Gasteiger partial charge in [0.25, 0.3) is 5.91 Å². The first kappa shape index (κ1) is 54.9. The fourth-order valence-corrected chi connectivity index (χ4v) is 8.97. The Labute approximate surface area is 409 Å².